The molecule has 0 aromatic carbocycles. The monoisotopic (exact) mass is 341 g/mol. The van der Waals surface area contributed by atoms with E-state index in [1.54, 1.807) is 23.2 Å². The number of nitrogens with two attached hydrogens (primary N) is 1. The Morgan fingerprint density at radius 2 is 2.08 bits per heavy atom. The lowest BCUT2D eigenvalue weighted by Gasteiger charge is -2.19. The number of aliphatic hydroxyl groups excluding tert-OH is 1. The molecule has 3 rings (SSSR count). The van der Waals surface area contributed by atoms with Crippen molar-refractivity contribution in [2.24, 2.45) is 5.73 Å². The van der Waals surface area contributed by atoms with Gasteiger partial charge >= 0.3 is 0 Å². The van der Waals surface area contributed by atoms with Crippen LogP contribution in [0, 0.1) is 0 Å². The Morgan fingerprint density at radius 3 is 2.79 bits per heavy atom. The van der Waals surface area contributed by atoms with Crippen LogP contribution in [0.15, 0.2) is 48.1 Å². The van der Waals surface area contributed by atoms with Crippen molar-refractivity contribution in [1.82, 2.24) is 15.0 Å². The maximum absolute atomic E-state index is 11.4. The summed E-state index contributed by atoms with van der Waals surface area (Å²) in [7, 11) is 0. The molecule has 3 heterocycles. The first-order valence-electron chi connectivity index (χ1n) is 7.20. The van der Waals surface area contributed by atoms with E-state index < -0.39 is 5.91 Å². The number of thiazole rings is 1. The van der Waals surface area contributed by atoms with Gasteiger partial charge in [0.2, 0.25) is 5.91 Å². The van der Waals surface area contributed by atoms with Crippen LogP contribution in [-0.4, -0.2) is 39.1 Å². The molecular weight excluding hydrogens is 326 g/mol. The molecule has 0 fully saturated rings. The van der Waals surface area contributed by atoms with E-state index in [9.17, 15) is 9.90 Å². The molecular formula is C16H15N5O2S. The normalized spacial score (nSPS) is 10.5. The number of pyridine rings is 2. The molecule has 0 aliphatic heterocycles. The van der Waals surface area contributed by atoms with Gasteiger partial charge in [-0.1, -0.05) is 6.07 Å². The summed E-state index contributed by atoms with van der Waals surface area (Å²) in [5.41, 5.74) is 7.18. The third-order valence-corrected chi connectivity index (χ3v) is 4.14. The zero-order valence-electron chi connectivity index (χ0n) is 12.7. The fraction of sp³-hybridized carbons (Fsp3) is 0.125. The van der Waals surface area contributed by atoms with E-state index in [1.807, 2.05) is 23.6 Å². The highest BCUT2D eigenvalue weighted by molar-refractivity contribution is 7.14. The molecule has 0 spiro atoms. The molecule has 0 unspecified atom stereocenters. The number of aromatic nitrogens is 3. The lowest BCUT2D eigenvalue weighted by atomic mass is 10.2. The van der Waals surface area contributed by atoms with E-state index in [2.05, 4.69) is 15.0 Å². The molecule has 0 atom stereocenters. The molecule has 3 aromatic rings. The second-order valence-corrected chi connectivity index (χ2v) is 5.71. The van der Waals surface area contributed by atoms with E-state index in [4.69, 9.17) is 5.73 Å². The van der Waals surface area contributed by atoms with Gasteiger partial charge in [0.1, 0.15) is 11.5 Å². The second-order valence-electron chi connectivity index (χ2n) is 4.87. The summed E-state index contributed by atoms with van der Waals surface area (Å²) >= 11 is 1.41. The van der Waals surface area contributed by atoms with Crippen molar-refractivity contribution >= 4 is 28.2 Å². The van der Waals surface area contributed by atoms with Gasteiger partial charge in [-0.05, 0) is 24.3 Å². The molecule has 3 N–H and O–H groups in total. The van der Waals surface area contributed by atoms with Crippen molar-refractivity contribution in [2.75, 3.05) is 18.1 Å². The Bertz CT molecular complexity index is 837. The van der Waals surface area contributed by atoms with E-state index >= 15 is 0 Å². The topological polar surface area (TPSA) is 105 Å². The largest absolute Gasteiger partial charge is 0.395 e. The highest BCUT2D eigenvalue weighted by atomic mass is 32.1. The van der Waals surface area contributed by atoms with Crippen LogP contribution in [0.3, 0.4) is 0 Å². The van der Waals surface area contributed by atoms with Crippen molar-refractivity contribution < 1.29 is 9.90 Å². The number of anilines is 2. The van der Waals surface area contributed by atoms with Gasteiger partial charge in [0, 0.05) is 29.9 Å². The molecule has 0 aliphatic carbocycles. The van der Waals surface area contributed by atoms with Gasteiger partial charge in [-0.3, -0.25) is 14.7 Å². The highest BCUT2D eigenvalue weighted by Gasteiger charge is 2.16. The zero-order chi connectivity index (χ0) is 16.9. The van der Waals surface area contributed by atoms with Crippen LogP contribution in [0.2, 0.25) is 0 Å². The number of rotatable bonds is 6. The van der Waals surface area contributed by atoms with Crippen molar-refractivity contribution in [3.63, 3.8) is 0 Å². The summed E-state index contributed by atoms with van der Waals surface area (Å²) in [5.74, 6) is -0.0295. The summed E-state index contributed by atoms with van der Waals surface area (Å²) in [5, 5.41) is 11.9. The molecule has 7 nitrogen and oxygen atoms in total. The Hall–Kier alpha value is -2.84. The minimum absolute atomic E-state index is 0.0824. The summed E-state index contributed by atoms with van der Waals surface area (Å²) in [6.45, 7) is 0.214. The minimum atomic E-state index is -0.532. The average Bonchev–Trinajstić information content (AvgIpc) is 3.10. The van der Waals surface area contributed by atoms with Gasteiger partial charge < -0.3 is 10.8 Å². The summed E-state index contributed by atoms with van der Waals surface area (Å²) < 4.78 is 0. The molecule has 0 aliphatic rings. The van der Waals surface area contributed by atoms with E-state index in [1.165, 1.54) is 17.5 Å². The van der Waals surface area contributed by atoms with Crippen molar-refractivity contribution in [1.29, 1.82) is 0 Å². The van der Waals surface area contributed by atoms with Crippen molar-refractivity contribution in [3.05, 3.63) is 53.7 Å². The Balaban J connectivity index is 1.96. The maximum Gasteiger partial charge on any atom is 0.248 e. The Labute approximate surface area is 142 Å². The second kappa shape index (κ2) is 7.16. The van der Waals surface area contributed by atoms with Gasteiger partial charge in [0.25, 0.3) is 0 Å². The molecule has 0 bridgehead atoms. The standard InChI is InChI=1S/C16H15N5O2S/c17-15(23)11-4-6-19-14(9-11)21(7-8-22)16-20-13(10-24-16)12-3-1-2-5-18-12/h1-6,9-10,22H,7-8H2,(H2,17,23). The smallest absolute Gasteiger partial charge is 0.248 e. The number of carbonyl (C=O) groups excluding carboxylic acids is 1. The number of amides is 1. The number of nitrogens with zero attached hydrogens (tertiary/aromatic N) is 4. The van der Waals surface area contributed by atoms with Crippen LogP contribution < -0.4 is 10.6 Å². The molecule has 0 saturated heterocycles. The van der Waals surface area contributed by atoms with Gasteiger partial charge in [-0.2, -0.15) is 0 Å². The molecule has 3 aromatic heterocycles. The predicted molar refractivity (Wildman–Crippen MR) is 92.2 cm³/mol. The number of hydrogen-bond acceptors (Lipinski definition) is 7. The average molecular weight is 341 g/mol. The summed E-state index contributed by atoms with van der Waals surface area (Å²) in [4.78, 5) is 26.2. The first-order valence-corrected chi connectivity index (χ1v) is 8.08. The molecule has 8 heteroatoms. The maximum atomic E-state index is 11.4. The lowest BCUT2D eigenvalue weighted by molar-refractivity contribution is 0.1000. The van der Waals surface area contributed by atoms with Gasteiger partial charge in [0.05, 0.1) is 12.3 Å². The van der Waals surface area contributed by atoms with E-state index in [0.717, 1.165) is 11.4 Å². The minimum Gasteiger partial charge on any atom is -0.395 e. The lowest BCUT2D eigenvalue weighted by Crippen LogP contribution is -2.23. The Morgan fingerprint density at radius 1 is 1.21 bits per heavy atom. The first kappa shape index (κ1) is 16.0. The fourth-order valence-corrected chi connectivity index (χ4v) is 3.00. The first-order chi connectivity index (χ1) is 11.7. The van der Waals surface area contributed by atoms with Gasteiger partial charge in [-0.15, -0.1) is 11.3 Å². The summed E-state index contributed by atoms with van der Waals surface area (Å²) in [6.07, 6.45) is 3.21. The molecule has 24 heavy (non-hydrogen) atoms. The van der Waals surface area contributed by atoms with Crippen LogP contribution >= 0.6 is 11.3 Å². The van der Waals surface area contributed by atoms with Crippen LogP contribution in [0.25, 0.3) is 11.4 Å². The van der Waals surface area contributed by atoms with Gasteiger partial charge in [0.15, 0.2) is 5.13 Å². The highest BCUT2D eigenvalue weighted by Crippen LogP contribution is 2.30. The predicted octanol–water partition coefficient (Wildman–Crippen LogP) is 1.83. The van der Waals surface area contributed by atoms with Crippen LogP contribution in [0.1, 0.15) is 10.4 Å². The van der Waals surface area contributed by atoms with Crippen molar-refractivity contribution in [2.45, 2.75) is 0 Å². The molecule has 1 amide bonds. The van der Waals surface area contributed by atoms with E-state index in [-0.39, 0.29) is 6.61 Å². The van der Waals surface area contributed by atoms with E-state index in [0.29, 0.717) is 23.1 Å². The molecule has 0 radical (unpaired) electrons. The number of aliphatic hydroxyl groups is 1. The zero-order valence-corrected chi connectivity index (χ0v) is 13.5. The SMILES string of the molecule is NC(=O)c1ccnc(N(CCO)c2nc(-c3ccccn3)cs2)c1. The van der Waals surface area contributed by atoms with Crippen molar-refractivity contribution in [3.8, 4) is 11.4 Å². The third-order valence-electron chi connectivity index (χ3n) is 3.28. The van der Waals surface area contributed by atoms with Gasteiger partial charge in [-0.25, -0.2) is 9.97 Å². The third kappa shape index (κ3) is 3.39. The number of primary amides is 1. The number of hydrogen-bond donors (Lipinski definition) is 2. The van der Waals surface area contributed by atoms with Crippen LogP contribution in [-0.2, 0) is 0 Å². The molecule has 122 valence electrons. The van der Waals surface area contributed by atoms with Crippen LogP contribution in [0.5, 0.6) is 0 Å². The van der Waals surface area contributed by atoms with Crippen LogP contribution in [0.4, 0.5) is 10.9 Å². The molecule has 0 saturated carbocycles. The quantitative estimate of drug-likeness (QED) is 0.708. The fourth-order valence-electron chi connectivity index (χ4n) is 2.15. The number of carbonyl (C=O) groups is 1. The summed E-state index contributed by atoms with van der Waals surface area (Å²) in [6, 6.07) is 8.74. The Kier molecular flexibility index (Phi) is 4.78.